The standard InChI is InChI=1S/C16H14N2O5S2/c1-25(20,21)18-12-5-2-4-11(8-12)16(19)22-10-13-9-14(23-17-13)15-6-3-7-24-15/h2-9,18H,10H2,1H3. The third-order valence-corrected chi connectivity index (χ3v) is 4.57. The monoisotopic (exact) mass is 378 g/mol. The molecule has 0 aliphatic heterocycles. The van der Waals surface area contributed by atoms with E-state index in [0.29, 0.717) is 17.1 Å². The van der Waals surface area contributed by atoms with E-state index in [-0.39, 0.29) is 12.2 Å². The lowest BCUT2D eigenvalue weighted by molar-refractivity contribution is 0.0464. The molecule has 0 atom stereocenters. The fourth-order valence-electron chi connectivity index (χ4n) is 2.06. The highest BCUT2D eigenvalue weighted by molar-refractivity contribution is 7.92. The van der Waals surface area contributed by atoms with Crippen molar-refractivity contribution in [2.24, 2.45) is 0 Å². The second-order valence-corrected chi connectivity index (χ2v) is 7.89. The van der Waals surface area contributed by atoms with E-state index in [2.05, 4.69) is 9.88 Å². The van der Waals surface area contributed by atoms with Gasteiger partial charge in [0.2, 0.25) is 10.0 Å². The third kappa shape index (κ3) is 4.68. The SMILES string of the molecule is CS(=O)(=O)Nc1cccc(C(=O)OCc2cc(-c3cccs3)on2)c1. The number of carbonyl (C=O) groups is 1. The van der Waals surface area contributed by atoms with Crippen molar-refractivity contribution >= 4 is 33.0 Å². The summed E-state index contributed by atoms with van der Waals surface area (Å²) in [6, 6.07) is 11.6. The summed E-state index contributed by atoms with van der Waals surface area (Å²) in [5, 5.41) is 5.79. The highest BCUT2D eigenvalue weighted by Gasteiger charge is 2.12. The van der Waals surface area contributed by atoms with Crippen molar-refractivity contribution in [1.82, 2.24) is 5.16 Å². The van der Waals surface area contributed by atoms with Gasteiger partial charge in [0.05, 0.1) is 16.7 Å². The van der Waals surface area contributed by atoms with Gasteiger partial charge in [-0.2, -0.15) is 0 Å². The molecular formula is C16H14N2O5S2. The van der Waals surface area contributed by atoms with Crippen LogP contribution in [0.5, 0.6) is 0 Å². The Morgan fingerprint density at radius 3 is 2.84 bits per heavy atom. The van der Waals surface area contributed by atoms with Crippen molar-refractivity contribution in [3.8, 4) is 10.6 Å². The van der Waals surface area contributed by atoms with Crippen molar-refractivity contribution in [2.75, 3.05) is 11.0 Å². The Labute approximate surface area is 148 Å². The van der Waals surface area contributed by atoms with E-state index >= 15 is 0 Å². The Hall–Kier alpha value is -2.65. The van der Waals surface area contributed by atoms with Crippen molar-refractivity contribution in [1.29, 1.82) is 0 Å². The smallest absolute Gasteiger partial charge is 0.338 e. The van der Waals surface area contributed by atoms with Gasteiger partial charge in [-0.05, 0) is 29.6 Å². The topological polar surface area (TPSA) is 98.5 Å². The third-order valence-electron chi connectivity index (χ3n) is 3.08. The number of nitrogens with one attached hydrogen (secondary N) is 1. The lowest BCUT2D eigenvalue weighted by atomic mass is 10.2. The van der Waals surface area contributed by atoms with E-state index in [4.69, 9.17) is 9.26 Å². The van der Waals surface area contributed by atoms with Gasteiger partial charge in [-0.3, -0.25) is 4.72 Å². The summed E-state index contributed by atoms with van der Waals surface area (Å²) in [7, 11) is -3.42. The molecule has 1 aromatic carbocycles. The molecule has 0 saturated carbocycles. The largest absolute Gasteiger partial charge is 0.455 e. The first-order chi connectivity index (χ1) is 11.9. The minimum atomic E-state index is -3.42. The van der Waals surface area contributed by atoms with Gasteiger partial charge in [0.15, 0.2) is 5.76 Å². The number of carbonyl (C=O) groups excluding carboxylic acids is 1. The molecule has 3 aromatic rings. The molecule has 2 heterocycles. The molecule has 0 radical (unpaired) electrons. The van der Waals surface area contributed by atoms with Crippen molar-refractivity contribution in [3.05, 3.63) is 59.1 Å². The molecule has 0 unspecified atom stereocenters. The van der Waals surface area contributed by atoms with Crippen LogP contribution in [0.1, 0.15) is 16.1 Å². The average molecular weight is 378 g/mol. The molecule has 25 heavy (non-hydrogen) atoms. The maximum absolute atomic E-state index is 12.1. The summed E-state index contributed by atoms with van der Waals surface area (Å²) >= 11 is 1.52. The summed E-state index contributed by atoms with van der Waals surface area (Å²) in [6.07, 6.45) is 1.04. The molecule has 130 valence electrons. The molecule has 0 spiro atoms. The molecule has 0 fully saturated rings. The van der Waals surface area contributed by atoms with Gasteiger partial charge in [-0.25, -0.2) is 13.2 Å². The van der Waals surface area contributed by atoms with Crippen LogP contribution < -0.4 is 4.72 Å². The van der Waals surface area contributed by atoms with Crippen molar-refractivity contribution < 1.29 is 22.5 Å². The molecule has 9 heteroatoms. The summed E-state index contributed by atoms with van der Waals surface area (Å²) in [5.74, 6) is 0.0261. The maximum atomic E-state index is 12.1. The molecular weight excluding hydrogens is 364 g/mol. The number of hydrogen-bond acceptors (Lipinski definition) is 7. The maximum Gasteiger partial charge on any atom is 0.338 e. The molecule has 0 bridgehead atoms. The number of nitrogens with zero attached hydrogens (tertiary/aromatic N) is 1. The van der Waals surface area contributed by atoms with Gasteiger partial charge < -0.3 is 9.26 Å². The Morgan fingerprint density at radius 1 is 1.28 bits per heavy atom. The fourth-order valence-corrected chi connectivity index (χ4v) is 3.29. The first-order valence-electron chi connectivity index (χ1n) is 7.15. The lowest BCUT2D eigenvalue weighted by Gasteiger charge is -2.06. The van der Waals surface area contributed by atoms with Crippen LogP contribution in [0, 0.1) is 0 Å². The number of ether oxygens (including phenoxy) is 1. The summed E-state index contributed by atoms with van der Waals surface area (Å²) in [6.45, 7) is -0.0442. The quantitative estimate of drug-likeness (QED) is 0.662. The van der Waals surface area contributed by atoms with Gasteiger partial charge in [0.25, 0.3) is 0 Å². The number of esters is 1. The summed E-state index contributed by atoms with van der Waals surface area (Å²) in [5.41, 5.74) is 1.01. The zero-order valence-electron chi connectivity index (χ0n) is 13.1. The first-order valence-corrected chi connectivity index (χ1v) is 9.92. The van der Waals surface area contributed by atoms with Crippen LogP contribution >= 0.6 is 11.3 Å². The minimum Gasteiger partial charge on any atom is -0.455 e. The van der Waals surface area contributed by atoms with Crippen LogP contribution in [0.3, 0.4) is 0 Å². The molecule has 1 N–H and O–H groups in total. The number of benzene rings is 1. The van der Waals surface area contributed by atoms with Gasteiger partial charge in [0.1, 0.15) is 12.3 Å². The number of aromatic nitrogens is 1. The highest BCUT2D eigenvalue weighted by Crippen LogP contribution is 2.25. The number of anilines is 1. The number of thiophene rings is 1. The zero-order valence-corrected chi connectivity index (χ0v) is 14.8. The zero-order chi connectivity index (χ0) is 17.9. The Kier molecular flexibility index (Phi) is 4.86. The molecule has 0 aliphatic rings. The Bertz CT molecular complexity index is 978. The summed E-state index contributed by atoms with van der Waals surface area (Å²) < 4.78 is 35.2. The molecule has 3 rings (SSSR count). The van der Waals surface area contributed by atoms with Crippen LogP contribution in [0.15, 0.2) is 52.4 Å². The lowest BCUT2D eigenvalue weighted by Crippen LogP contribution is -2.11. The van der Waals surface area contributed by atoms with Crippen LogP contribution in [0.4, 0.5) is 5.69 Å². The number of rotatable bonds is 6. The summed E-state index contributed by atoms with van der Waals surface area (Å²) in [4.78, 5) is 13.1. The van der Waals surface area contributed by atoms with E-state index < -0.39 is 16.0 Å². The average Bonchev–Trinajstić information content (AvgIpc) is 3.22. The molecule has 0 amide bonds. The number of hydrogen-bond donors (Lipinski definition) is 1. The Balaban J connectivity index is 1.64. The van der Waals surface area contributed by atoms with E-state index in [1.807, 2.05) is 17.5 Å². The van der Waals surface area contributed by atoms with Crippen LogP contribution in [0.25, 0.3) is 10.6 Å². The second-order valence-electron chi connectivity index (χ2n) is 5.19. The highest BCUT2D eigenvalue weighted by atomic mass is 32.2. The van der Waals surface area contributed by atoms with E-state index in [0.717, 1.165) is 11.1 Å². The molecule has 0 aliphatic carbocycles. The van der Waals surface area contributed by atoms with E-state index in [9.17, 15) is 13.2 Å². The van der Waals surface area contributed by atoms with Gasteiger partial charge in [0, 0.05) is 11.8 Å². The van der Waals surface area contributed by atoms with Gasteiger partial charge in [-0.15, -0.1) is 11.3 Å². The van der Waals surface area contributed by atoms with Crippen LogP contribution in [-0.2, 0) is 21.4 Å². The predicted octanol–water partition coefficient (Wildman–Crippen LogP) is 3.13. The molecule has 7 nitrogen and oxygen atoms in total. The normalized spacial score (nSPS) is 11.2. The minimum absolute atomic E-state index is 0.0442. The van der Waals surface area contributed by atoms with E-state index in [1.54, 1.807) is 18.2 Å². The fraction of sp³-hybridized carbons (Fsp3) is 0.125. The Morgan fingerprint density at radius 2 is 2.12 bits per heavy atom. The van der Waals surface area contributed by atoms with Crippen LogP contribution in [0.2, 0.25) is 0 Å². The first kappa shape index (κ1) is 17.2. The van der Waals surface area contributed by atoms with Crippen LogP contribution in [-0.4, -0.2) is 25.8 Å². The van der Waals surface area contributed by atoms with Gasteiger partial charge >= 0.3 is 5.97 Å². The van der Waals surface area contributed by atoms with Gasteiger partial charge in [-0.1, -0.05) is 17.3 Å². The molecule has 0 saturated heterocycles. The number of sulfonamides is 1. The van der Waals surface area contributed by atoms with Crippen molar-refractivity contribution in [3.63, 3.8) is 0 Å². The van der Waals surface area contributed by atoms with E-state index in [1.165, 1.54) is 23.5 Å². The van der Waals surface area contributed by atoms with Crippen molar-refractivity contribution in [2.45, 2.75) is 6.61 Å². The molecule has 2 aromatic heterocycles. The predicted molar refractivity (Wildman–Crippen MR) is 93.8 cm³/mol. The second kappa shape index (κ2) is 7.08.